The van der Waals surface area contributed by atoms with Gasteiger partial charge in [-0.2, -0.15) is 13.8 Å². The highest BCUT2D eigenvalue weighted by molar-refractivity contribution is 7.44. The van der Waals surface area contributed by atoms with Crippen LogP contribution in [0.25, 0.3) is 11.1 Å². The van der Waals surface area contributed by atoms with E-state index in [4.69, 9.17) is 24.3 Å². The van der Waals surface area contributed by atoms with Gasteiger partial charge in [-0.1, -0.05) is 19.1 Å². The number of anilines is 1. The Bertz CT molecular complexity index is 1850. The number of hydrogen-bond acceptors (Lipinski definition) is 11. The highest BCUT2D eigenvalue weighted by Gasteiger charge is 2.59. The van der Waals surface area contributed by atoms with Gasteiger partial charge in [0.1, 0.15) is 29.3 Å². The maximum absolute atomic E-state index is 14.9. The van der Waals surface area contributed by atoms with Crippen LogP contribution in [0.1, 0.15) is 25.1 Å². The summed E-state index contributed by atoms with van der Waals surface area (Å²) >= 11 is 0. The highest BCUT2D eigenvalue weighted by Crippen LogP contribution is 2.44. The topological polar surface area (TPSA) is 173 Å². The van der Waals surface area contributed by atoms with E-state index in [9.17, 15) is 37.6 Å². The Morgan fingerprint density at radius 3 is 2.55 bits per heavy atom. The van der Waals surface area contributed by atoms with Gasteiger partial charge in [-0.15, -0.1) is 0 Å². The molecule has 3 aromatic carbocycles. The molecule has 4 unspecified atom stereocenters. The quantitative estimate of drug-likeness (QED) is 0.0624. The lowest BCUT2D eigenvalue weighted by Gasteiger charge is -2.21. The Morgan fingerprint density at radius 1 is 1.12 bits per heavy atom. The third-order valence-electron chi connectivity index (χ3n) is 7.22. The second-order valence-corrected chi connectivity index (χ2v) is 12.1. The van der Waals surface area contributed by atoms with Crippen LogP contribution in [0.4, 0.5) is 29.1 Å². The number of nitrogens with two attached hydrogens (primary N) is 1. The lowest BCUT2D eigenvalue weighted by atomic mass is 10.0. The zero-order valence-electron chi connectivity index (χ0n) is 25.7. The van der Waals surface area contributed by atoms with Crippen LogP contribution in [0.5, 0.6) is 11.5 Å². The molecule has 260 valence electrons. The smallest absolute Gasteiger partial charge is 0.351 e. The maximum Gasteiger partial charge on any atom is 0.351 e. The first-order valence-corrected chi connectivity index (χ1v) is 15.9. The van der Waals surface area contributed by atoms with Crippen molar-refractivity contribution in [3.8, 4) is 22.6 Å². The molecule has 49 heavy (non-hydrogen) atoms. The van der Waals surface area contributed by atoms with E-state index in [0.29, 0.717) is 28.7 Å². The van der Waals surface area contributed by atoms with Crippen molar-refractivity contribution >= 4 is 20.0 Å². The fourth-order valence-electron chi connectivity index (χ4n) is 4.75. The van der Waals surface area contributed by atoms with Gasteiger partial charge in [0.25, 0.3) is 8.53 Å². The summed E-state index contributed by atoms with van der Waals surface area (Å²) in [6.45, 7) is 1.52. The predicted octanol–water partition coefficient (Wildman–Crippen LogP) is 5.82. The SMILES string of the molecule is CCCNP(OCc1ccc([N+](=O)[O-])c(Oc2ccc(-c3ccc(F)cc3)c(F)c2)c1)OCC1OC(n2ccc(N)nc2=O)C(F)(F)C1O. The van der Waals surface area contributed by atoms with Crippen LogP contribution < -0.4 is 21.2 Å². The summed E-state index contributed by atoms with van der Waals surface area (Å²) in [5.41, 5.74) is 4.91. The van der Waals surface area contributed by atoms with Crippen LogP contribution in [0.2, 0.25) is 0 Å². The molecule has 2 heterocycles. The standard InChI is InChI=1S/C31H30F4N5O8P/c1-2-12-37-49(46-17-26-28(41)31(34,35)29(48-26)39-13-11-27(36)38-30(39)42)45-16-18-3-10-24(40(43)44)25(14-18)47-21-8-9-22(23(33)15-21)19-4-6-20(32)7-5-19/h3-11,13-15,26,28-29,37,41H,2,12,16-17H2,1H3,(H2,36,38,42). The Hall–Kier alpha value is -4.51. The van der Waals surface area contributed by atoms with E-state index in [1.807, 2.05) is 6.92 Å². The molecule has 0 aliphatic carbocycles. The number of nitro benzene ring substituents is 1. The van der Waals surface area contributed by atoms with Crippen LogP contribution in [-0.2, 0) is 20.4 Å². The number of halogens is 4. The molecule has 1 aliphatic heterocycles. The predicted molar refractivity (Wildman–Crippen MR) is 169 cm³/mol. The van der Waals surface area contributed by atoms with Crippen molar-refractivity contribution in [1.29, 1.82) is 0 Å². The summed E-state index contributed by atoms with van der Waals surface area (Å²) < 4.78 is 81.2. The van der Waals surface area contributed by atoms with Gasteiger partial charge in [0.2, 0.25) is 12.0 Å². The number of hydrogen-bond donors (Lipinski definition) is 3. The van der Waals surface area contributed by atoms with Crippen LogP contribution in [-0.4, -0.2) is 50.9 Å². The van der Waals surface area contributed by atoms with E-state index in [1.54, 1.807) is 0 Å². The van der Waals surface area contributed by atoms with Crippen LogP contribution in [0.15, 0.2) is 77.7 Å². The zero-order chi connectivity index (χ0) is 35.3. The highest BCUT2D eigenvalue weighted by atomic mass is 31.2. The minimum Gasteiger partial charge on any atom is -0.450 e. The molecule has 1 aromatic heterocycles. The molecule has 0 amide bonds. The van der Waals surface area contributed by atoms with Gasteiger partial charge in [0.15, 0.2) is 6.10 Å². The van der Waals surface area contributed by atoms with Gasteiger partial charge in [0, 0.05) is 30.4 Å². The van der Waals surface area contributed by atoms with Gasteiger partial charge >= 0.3 is 17.3 Å². The summed E-state index contributed by atoms with van der Waals surface area (Å²) in [6.07, 6.45) is -4.43. The lowest BCUT2D eigenvalue weighted by molar-refractivity contribution is -0.385. The van der Waals surface area contributed by atoms with Crippen molar-refractivity contribution in [1.82, 2.24) is 14.6 Å². The number of benzene rings is 3. The van der Waals surface area contributed by atoms with Crippen molar-refractivity contribution in [2.45, 2.75) is 44.3 Å². The monoisotopic (exact) mass is 707 g/mol. The van der Waals surface area contributed by atoms with Gasteiger partial charge in [-0.3, -0.25) is 19.8 Å². The van der Waals surface area contributed by atoms with E-state index in [-0.39, 0.29) is 29.5 Å². The molecule has 13 nitrogen and oxygen atoms in total. The molecule has 18 heteroatoms. The van der Waals surface area contributed by atoms with Gasteiger partial charge < -0.3 is 29.4 Å². The number of aromatic nitrogens is 2. The Morgan fingerprint density at radius 2 is 1.88 bits per heavy atom. The minimum atomic E-state index is -3.88. The van der Waals surface area contributed by atoms with E-state index in [1.165, 1.54) is 54.6 Å². The molecule has 0 spiro atoms. The van der Waals surface area contributed by atoms with Crippen LogP contribution in [0.3, 0.4) is 0 Å². The third kappa shape index (κ3) is 8.39. The summed E-state index contributed by atoms with van der Waals surface area (Å²) in [5, 5.41) is 25.0. The average Bonchev–Trinajstić information content (AvgIpc) is 3.28. The second-order valence-electron chi connectivity index (χ2n) is 10.7. The molecule has 4 aromatic rings. The first-order chi connectivity index (χ1) is 23.4. The summed E-state index contributed by atoms with van der Waals surface area (Å²) in [6, 6.07) is 14.1. The van der Waals surface area contributed by atoms with Crippen molar-refractivity contribution < 1.29 is 46.1 Å². The summed E-state index contributed by atoms with van der Waals surface area (Å²) in [7, 11) is -1.98. The van der Waals surface area contributed by atoms with E-state index in [0.717, 1.165) is 18.3 Å². The van der Waals surface area contributed by atoms with Crippen molar-refractivity contribution in [3.63, 3.8) is 0 Å². The normalized spacial score (nSPS) is 19.1. The van der Waals surface area contributed by atoms with Gasteiger partial charge in [-0.05, 0) is 60.0 Å². The molecule has 1 aliphatic rings. The number of nitrogen functional groups attached to an aromatic ring is 1. The second kappa shape index (κ2) is 15.4. The number of nitro groups is 1. The van der Waals surface area contributed by atoms with Gasteiger partial charge in [0.05, 0.1) is 18.1 Å². The number of aliphatic hydroxyl groups excluding tert-OH is 1. The van der Waals surface area contributed by atoms with Crippen molar-refractivity contribution in [3.05, 3.63) is 111 Å². The molecule has 1 saturated heterocycles. The Labute approximate surface area is 277 Å². The van der Waals surface area contributed by atoms with Gasteiger partial charge in [-0.25, -0.2) is 13.6 Å². The first kappa shape index (κ1) is 35.8. The molecular weight excluding hydrogens is 677 g/mol. The minimum absolute atomic E-state index is 0.0398. The lowest BCUT2D eigenvalue weighted by Crippen LogP contribution is -2.42. The zero-order valence-corrected chi connectivity index (χ0v) is 26.6. The van der Waals surface area contributed by atoms with E-state index in [2.05, 4.69) is 10.1 Å². The number of alkyl halides is 2. The molecule has 0 saturated carbocycles. The molecular formula is C31H30F4N5O8P. The fourth-order valence-corrected chi connectivity index (χ4v) is 5.96. The number of nitrogens with zero attached hydrogens (tertiary/aromatic N) is 3. The van der Waals surface area contributed by atoms with Crippen molar-refractivity contribution in [2.24, 2.45) is 0 Å². The third-order valence-corrected chi connectivity index (χ3v) is 8.45. The Kier molecular flexibility index (Phi) is 11.2. The summed E-state index contributed by atoms with van der Waals surface area (Å²) in [4.78, 5) is 26.6. The molecule has 0 radical (unpaired) electrons. The molecule has 4 atom stereocenters. The number of rotatable bonds is 14. The van der Waals surface area contributed by atoms with Crippen LogP contribution >= 0.6 is 8.53 Å². The maximum atomic E-state index is 14.9. The van der Waals surface area contributed by atoms with Crippen molar-refractivity contribution in [2.75, 3.05) is 18.9 Å². The number of nitrogens with one attached hydrogen (secondary N) is 1. The van der Waals surface area contributed by atoms with E-state index >= 15 is 0 Å². The average molecular weight is 708 g/mol. The molecule has 1 fully saturated rings. The first-order valence-electron chi connectivity index (χ1n) is 14.7. The fraction of sp³-hybridized carbons (Fsp3) is 0.290. The van der Waals surface area contributed by atoms with Crippen LogP contribution in [0, 0.1) is 21.7 Å². The summed E-state index contributed by atoms with van der Waals surface area (Å²) in [5.74, 6) is -5.49. The largest absolute Gasteiger partial charge is 0.450 e. The van der Waals surface area contributed by atoms with E-state index < -0.39 is 67.4 Å². The molecule has 0 bridgehead atoms. The number of aliphatic hydroxyl groups is 1. The molecule has 4 N–H and O–H groups in total. The molecule has 5 rings (SSSR count). The number of ether oxygens (including phenoxy) is 2. The Balaban J connectivity index is 1.26.